The normalized spacial score (nSPS) is 15.3. The van der Waals surface area contributed by atoms with Gasteiger partial charge in [-0.15, -0.1) is 11.3 Å². The van der Waals surface area contributed by atoms with Gasteiger partial charge < -0.3 is 79.0 Å². The molecule has 1 saturated carbocycles. The van der Waals surface area contributed by atoms with Crippen molar-refractivity contribution in [2.24, 2.45) is 41.5 Å². The molecule has 107 heavy (non-hydrogen) atoms. The number of fused-ring (bicyclic) bond motifs is 2. The largest absolute Gasteiger partial charge is 0.491 e. The summed E-state index contributed by atoms with van der Waals surface area (Å²) in [6, 6.07) is 18.9. The second kappa shape index (κ2) is 38.1. The number of ether oxygens (including phenoxy) is 6. The fourth-order valence-corrected chi connectivity index (χ4v) is 14.5. The van der Waals surface area contributed by atoms with Crippen molar-refractivity contribution >= 4 is 80.5 Å². The van der Waals surface area contributed by atoms with Crippen molar-refractivity contribution in [2.75, 3.05) is 86.2 Å². The number of imidazole rings is 2. The predicted molar refractivity (Wildman–Crippen MR) is 397 cm³/mol. The number of aryl methyl sites for hydroxylation is 8. The summed E-state index contributed by atoms with van der Waals surface area (Å²) in [7, 11) is 5.20. The number of rotatable bonds is 39. The number of nitrogens with one attached hydrogen (secondary N) is 3. The van der Waals surface area contributed by atoms with Crippen molar-refractivity contribution in [1.29, 1.82) is 0 Å². The molecule has 3 atom stereocenters. The minimum Gasteiger partial charge on any atom is -0.491 e. The summed E-state index contributed by atoms with van der Waals surface area (Å²) < 4.78 is 45.6. The zero-order valence-electron chi connectivity index (χ0n) is 62.2. The number of benzene rings is 3. The van der Waals surface area contributed by atoms with Crippen LogP contribution in [0.3, 0.4) is 0 Å². The number of ketones is 1. The van der Waals surface area contributed by atoms with Crippen LogP contribution >= 0.6 is 11.3 Å². The molecule has 0 radical (unpaired) electrons. The Kier molecular flexibility index (Phi) is 28.4. The highest BCUT2D eigenvalue weighted by molar-refractivity contribution is 7.10. The fourth-order valence-electron chi connectivity index (χ4n) is 13.6. The van der Waals surface area contributed by atoms with Crippen LogP contribution in [0.1, 0.15) is 159 Å². The smallest absolute Gasteiger partial charge is 0.298 e. The Labute approximate surface area is 623 Å². The van der Waals surface area contributed by atoms with Gasteiger partial charge in [-0.1, -0.05) is 31.4 Å². The lowest BCUT2D eigenvalue weighted by molar-refractivity contribution is -0.139. The Morgan fingerprint density at radius 2 is 1.19 bits per heavy atom. The van der Waals surface area contributed by atoms with Gasteiger partial charge in [0, 0.05) is 75.4 Å². The first kappa shape index (κ1) is 79.7. The van der Waals surface area contributed by atoms with Crippen LogP contribution in [-0.2, 0) is 78.3 Å². The molecule has 0 spiro atoms. The van der Waals surface area contributed by atoms with Gasteiger partial charge in [-0.05, 0) is 147 Å². The van der Waals surface area contributed by atoms with Gasteiger partial charge in [0.05, 0.1) is 104 Å². The van der Waals surface area contributed by atoms with Crippen molar-refractivity contribution in [3.05, 3.63) is 140 Å². The molecule has 7 N–H and O–H groups in total. The number of primary amides is 2. The number of likely N-dealkylation sites (N-methyl/N-ethyl adjacent to an activating group) is 1. The summed E-state index contributed by atoms with van der Waals surface area (Å²) in [5, 5.41) is 20.3. The van der Waals surface area contributed by atoms with Gasteiger partial charge in [0.2, 0.25) is 46.6 Å². The number of carbonyl (C=O) groups is 8. The number of thiazole rings is 1. The average molecular weight is 1490 g/mol. The maximum absolute atomic E-state index is 14.3. The van der Waals surface area contributed by atoms with Crippen molar-refractivity contribution in [1.82, 2.24) is 63.7 Å². The third-order valence-electron chi connectivity index (χ3n) is 19.3. The molecule has 3 aromatic carbocycles. The summed E-state index contributed by atoms with van der Waals surface area (Å²) >= 11 is 1.37. The van der Waals surface area contributed by atoms with Crippen LogP contribution in [0.2, 0.25) is 0 Å². The summed E-state index contributed by atoms with van der Waals surface area (Å²) in [5.41, 5.74) is 17.6. The SMILES string of the molecule is CCn1nc(C)cc1C(=O)N=c1n(C)c2cc(C(N)=O)ccc2n1CCC(CCn1c(=NC(=O)c2cc(C)nn2CC)n(C)c2cc(C(N)=O)ccc21)OCC(=O)NCCOCCOCCOCCOCCOc1cccc(C(=O)c2csc([C@@H]3CCCN3C(=O)[C@@H](NC(=O)[C@H](C)NC)C3CCCCC3)n2)c1. The molecule has 1 aliphatic heterocycles. The molecule has 5 aromatic heterocycles. The summed E-state index contributed by atoms with van der Waals surface area (Å²) in [4.78, 5) is 123. The molecule has 32 heteroatoms. The number of carbonyl (C=O) groups excluding carboxylic acids is 8. The van der Waals surface area contributed by atoms with Gasteiger partial charge in [-0.25, -0.2) is 4.98 Å². The van der Waals surface area contributed by atoms with E-state index >= 15 is 0 Å². The van der Waals surface area contributed by atoms with Gasteiger partial charge >= 0.3 is 0 Å². The first-order valence-corrected chi connectivity index (χ1v) is 37.5. The highest BCUT2D eigenvalue weighted by Gasteiger charge is 2.40. The van der Waals surface area contributed by atoms with Crippen molar-refractivity contribution in [2.45, 2.75) is 143 Å². The van der Waals surface area contributed by atoms with Gasteiger partial charge in [0.15, 0.2) is 0 Å². The Morgan fingerprint density at radius 3 is 1.72 bits per heavy atom. The Hall–Kier alpha value is -9.83. The third-order valence-corrected chi connectivity index (χ3v) is 20.3. The van der Waals surface area contributed by atoms with E-state index in [2.05, 4.69) is 36.1 Å². The minimum absolute atomic E-state index is 0.0713. The molecule has 8 aromatic rings. The molecule has 2 fully saturated rings. The molecule has 31 nitrogen and oxygen atoms in total. The fraction of sp³-hybridized carbons (Fsp3) is 0.507. The molecule has 7 amide bonds. The molecule has 2 aliphatic rings. The molecule has 574 valence electrons. The molecule has 10 rings (SSSR count). The number of nitrogens with two attached hydrogens (primary N) is 2. The van der Waals surface area contributed by atoms with E-state index < -0.39 is 47.7 Å². The number of hydrogen-bond donors (Lipinski definition) is 5. The Morgan fingerprint density at radius 1 is 0.645 bits per heavy atom. The monoisotopic (exact) mass is 1490 g/mol. The highest BCUT2D eigenvalue weighted by atomic mass is 32.1. The maximum atomic E-state index is 14.3. The lowest BCUT2D eigenvalue weighted by Gasteiger charge is -2.35. The zero-order chi connectivity index (χ0) is 76.3. The van der Waals surface area contributed by atoms with Crippen LogP contribution in [0, 0.1) is 19.8 Å². The first-order chi connectivity index (χ1) is 51.7. The summed E-state index contributed by atoms with van der Waals surface area (Å²) in [6.45, 7) is 13.4. The van der Waals surface area contributed by atoms with Gasteiger partial charge in [-0.2, -0.15) is 20.2 Å². The van der Waals surface area contributed by atoms with E-state index in [0.717, 1.165) is 44.9 Å². The van der Waals surface area contributed by atoms with E-state index in [1.807, 2.05) is 27.9 Å². The van der Waals surface area contributed by atoms with Gasteiger partial charge in [0.25, 0.3) is 11.8 Å². The van der Waals surface area contributed by atoms with E-state index in [-0.39, 0.29) is 124 Å². The van der Waals surface area contributed by atoms with Crippen LogP contribution in [-0.4, -0.2) is 199 Å². The second-order valence-electron chi connectivity index (χ2n) is 26.6. The summed E-state index contributed by atoms with van der Waals surface area (Å²) in [5.74, 6) is -2.68. The molecule has 0 unspecified atom stereocenters. The predicted octanol–water partition coefficient (Wildman–Crippen LogP) is 5.15. The van der Waals surface area contributed by atoms with Crippen LogP contribution < -0.4 is 43.4 Å². The highest BCUT2D eigenvalue weighted by Crippen LogP contribution is 2.37. The zero-order valence-corrected chi connectivity index (χ0v) is 63.0. The first-order valence-electron chi connectivity index (χ1n) is 36.6. The van der Waals surface area contributed by atoms with E-state index in [4.69, 9.17) is 44.9 Å². The molecule has 6 heterocycles. The lowest BCUT2D eigenvalue weighted by atomic mass is 9.83. The Balaban J connectivity index is 0.672. The number of likely N-dealkylation sites (tertiary alicyclic amines) is 1. The topological polar surface area (TPSA) is 376 Å². The quantitative estimate of drug-likeness (QED) is 0.0245. The average Bonchev–Trinajstić information content (AvgIpc) is 1.62. The summed E-state index contributed by atoms with van der Waals surface area (Å²) in [6.07, 6.45) is 6.38. The lowest BCUT2D eigenvalue weighted by Crippen LogP contribution is -2.55. The van der Waals surface area contributed by atoms with Gasteiger partial charge in [0.1, 0.15) is 47.1 Å². The van der Waals surface area contributed by atoms with Crippen LogP contribution in [0.5, 0.6) is 5.75 Å². The number of nitrogens with zero attached hydrogens (tertiary/aromatic N) is 12. The van der Waals surface area contributed by atoms with Crippen LogP contribution in [0.4, 0.5) is 0 Å². The van der Waals surface area contributed by atoms with Crippen molar-refractivity contribution < 1.29 is 66.8 Å². The standard InChI is InChI=1S/C75H99N17O14S/c1-9-91-62(40-47(3)84-91)70(98)82-74-86(7)60-43-52(67(76)95)21-23-57(60)89(74)29-25-54(26-30-90-58-24-22-53(68(77)96)44-61(58)87(8)75(90)83-71(99)63-41-48(4)85-92(63)10-2)106-45-64(93)79-27-31-101-32-33-102-34-35-103-36-37-104-38-39-105-55-19-14-18-51(42-55)66(94)56-46-107-72(80-56)59-20-15-28-88(59)73(100)65(50-16-12-11-13-17-50)81-69(97)49(5)78-6/h14,18-19,21-24,40-44,46,49-50,54,59,65,78H,9-13,15-17,20,25-39,45H2,1-8H3,(H2,76,95)(H2,77,96)(H,79,93)(H,81,97)/t49-,54?,59-,65-/m0/s1. The number of aromatic nitrogens is 9. The molecular weight excluding hydrogens is 1390 g/mol. The molecule has 1 aliphatic carbocycles. The van der Waals surface area contributed by atoms with Crippen molar-refractivity contribution in [3.63, 3.8) is 0 Å². The minimum atomic E-state index is -0.660. The molecule has 1 saturated heterocycles. The number of amides is 7. The molecular formula is C75H99N17O14S. The van der Waals surface area contributed by atoms with Gasteiger partial charge in [-0.3, -0.25) is 47.7 Å². The number of hydrogen-bond acceptors (Lipinski definition) is 19. The van der Waals surface area contributed by atoms with E-state index in [9.17, 15) is 38.4 Å². The van der Waals surface area contributed by atoms with E-state index in [0.29, 0.717) is 113 Å². The second-order valence-corrected chi connectivity index (χ2v) is 27.5. The Bertz CT molecular complexity index is 4450. The molecule has 0 bridgehead atoms. The maximum Gasteiger partial charge on any atom is 0.298 e. The van der Waals surface area contributed by atoms with Crippen LogP contribution in [0.25, 0.3) is 22.1 Å². The van der Waals surface area contributed by atoms with E-state index in [1.165, 1.54) is 11.3 Å². The van der Waals surface area contributed by atoms with Crippen molar-refractivity contribution in [3.8, 4) is 5.75 Å². The van der Waals surface area contributed by atoms with Crippen LogP contribution in [0.15, 0.2) is 88.2 Å². The third kappa shape index (κ3) is 20.3. The van der Waals surface area contributed by atoms with E-state index in [1.54, 1.807) is 139 Å².